The molecule has 0 aromatic heterocycles. The van der Waals surface area contributed by atoms with Crippen LogP contribution in [-0.4, -0.2) is 71.8 Å². The standard InChI is InChI=1S/C34H50N4O3/c1-6-8-10-11-12-13-22-38-26(3)32(39)36(5)31(33(38)40)24-27-17-19-29(20-18-27)30-16-14-15-28(23-30)25-37(21-9-7-2)34(41)35-4/h14-20,23,26,31H,6-13,21-22,24-25H2,1-5H3,(H,35,41)/t26-,31+/m0/s1. The van der Waals surface area contributed by atoms with Crippen LogP contribution in [0.3, 0.4) is 0 Å². The van der Waals surface area contributed by atoms with Crippen molar-refractivity contribution in [2.75, 3.05) is 27.2 Å². The van der Waals surface area contributed by atoms with Gasteiger partial charge in [0.1, 0.15) is 12.1 Å². The van der Waals surface area contributed by atoms with E-state index in [1.165, 1.54) is 25.7 Å². The van der Waals surface area contributed by atoms with E-state index in [1.807, 2.05) is 17.9 Å². The average Bonchev–Trinajstić information content (AvgIpc) is 2.99. The van der Waals surface area contributed by atoms with Crippen LogP contribution in [0.2, 0.25) is 0 Å². The molecule has 1 aliphatic heterocycles. The summed E-state index contributed by atoms with van der Waals surface area (Å²) in [7, 11) is 3.42. The average molecular weight is 563 g/mol. The van der Waals surface area contributed by atoms with Crippen LogP contribution < -0.4 is 5.32 Å². The maximum Gasteiger partial charge on any atom is 0.317 e. The van der Waals surface area contributed by atoms with E-state index in [1.54, 1.807) is 23.9 Å². The number of unbranched alkanes of at least 4 members (excludes halogenated alkanes) is 6. The van der Waals surface area contributed by atoms with Crippen LogP contribution in [0.15, 0.2) is 48.5 Å². The largest absolute Gasteiger partial charge is 0.341 e. The minimum atomic E-state index is -0.480. The Hall–Kier alpha value is -3.35. The molecule has 2 aromatic rings. The van der Waals surface area contributed by atoms with E-state index in [-0.39, 0.29) is 17.8 Å². The highest BCUT2D eigenvalue weighted by molar-refractivity contribution is 5.96. The predicted octanol–water partition coefficient (Wildman–Crippen LogP) is 6.26. The van der Waals surface area contributed by atoms with E-state index < -0.39 is 12.1 Å². The summed E-state index contributed by atoms with van der Waals surface area (Å²) in [5.41, 5.74) is 4.27. The number of carbonyl (C=O) groups is 3. The van der Waals surface area contributed by atoms with Crippen molar-refractivity contribution in [1.82, 2.24) is 20.0 Å². The Morgan fingerprint density at radius 3 is 2.22 bits per heavy atom. The van der Waals surface area contributed by atoms with Crippen molar-refractivity contribution in [1.29, 1.82) is 0 Å². The Bertz CT molecular complexity index is 1130. The molecule has 0 radical (unpaired) electrons. The van der Waals surface area contributed by atoms with E-state index >= 15 is 0 Å². The molecule has 224 valence electrons. The summed E-state index contributed by atoms with van der Waals surface area (Å²) < 4.78 is 0. The van der Waals surface area contributed by atoms with E-state index in [0.717, 1.165) is 54.5 Å². The predicted molar refractivity (Wildman–Crippen MR) is 166 cm³/mol. The van der Waals surface area contributed by atoms with Gasteiger partial charge in [-0.1, -0.05) is 94.8 Å². The highest BCUT2D eigenvalue weighted by Gasteiger charge is 2.41. The van der Waals surface area contributed by atoms with Crippen molar-refractivity contribution < 1.29 is 14.4 Å². The minimum Gasteiger partial charge on any atom is -0.341 e. The lowest BCUT2D eigenvalue weighted by molar-refractivity contribution is -0.159. The lowest BCUT2D eigenvalue weighted by Gasteiger charge is -2.42. The smallest absolute Gasteiger partial charge is 0.317 e. The number of benzene rings is 2. The molecule has 0 aliphatic carbocycles. The summed E-state index contributed by atoms with van der Waals surface area (Å²) in [6, 6.07) is 15.6. The molecule has 2 aromatic carbocycles. The molecule has 4 amide bonds. The molecule has 0 saturated carbocycles. The van der Waals surface area contributed by atoms with E-state index in [9.17, 15) is 14.4 Å². The van der Waals surface area contributed by atoms with Crippen molar-refractivity contribution in [2.24, 2.45) is 0 Å². The monoisotopic (exact) mass is 562 g/mol. The fourth-order valence-electron chi connectivity index (χ4n) is 5.61. The van der Waals surface area contributed by atoms with Crippen LogP contribution in [0.25, 0.3) is 11.1 Å². The number of carbonyl (C=O) groups excluding carboxylic acids is 3. The van der Waals surface area contributed by atoms with Gasteiger partial charge in [-0.25, -0.2) is 4.79 Å². The van der Waals surface area contributed by atoms with Gasteiger partial charge in [-0.15, -0.1) is 0 Å². The van der Waals surface area contributed by atoms with E-state index in [0.29, 0.717) is 19.5 Å². The van der Waals surface area contributed by atoms with Crippen LogP contribution in [-0.2, 0) is 22.6 Å². The Kier molecular flexibility index (Phi) is 12.7. The van der Waals surface area contributed by atoms with Crippen molar-refractivity contribution in [3.05, 3.63) is 59.7 Å². The molecule has 1 N–H and O–H groups in total. The molecule has 7 nitrogen and oxygen atoms in total. The number of hydrogen-bond donors (Lipinski definition) is 1. The Balaban J connectivity index is 1.66. The molecule has 0 unspecified atom stereocenters. The number of amides is 4. The zero-order chi connectivity index (χ0) is 29.8. The zero-order valence-electron chi connectivity index (χ0n) is 25.8. The van der Waals surface area contributed by atoms with Gasteiger partial charge in [0.15, 0.2) is 0 Å². The zero-order valence-corrected chi connectivity index (χ0v) is 25.8. The molecular formula is C34H50N4O3. The quantitative estimate of drug-likeness (QED) is 0.261. The second-order valence-electron chi connectivity index (χ2n) is 11.4. The van der Waals surface area contributed by atoms with Crippen LogP contribution >= 0.6 is 0 Å². The maximum absolute atomic E-state index is 13.5. The third-order valence-electron chi connectivity index (χ3n) is 8.26. The van der Waals surface area contributed by atoms with Gasteiger partial charge in [-0.05, 0) is 48.1 Å². The highest BCUT2D eigenvalue weighted by atomic mass is 16.2. The number of rotatable bonds is 15. The summed E-state index contributed by atoms with van der Waals surface area (Å²) in [4.78, 5) is 44.2. The SMILES string of the molecule is CCCCCCCCN1C(=O)[C@@H](Cc2ccc(-c3cccc(CN(CCCC)C(=O)NC)c3)cc2)N(C)C(=O)[C@@H]1C. The third kappa shape index (κ3) is 8.82. The van der Waals surface area contributed by atoms with E-state index in [2.05, 4.69) is 61.6 Å². The van der Waals surface area contributed by atoms with Gasteiger partial charge in [0.25, 0.3) is 0 Å². The van der Waals surface area contributed by atoms with Crippen LogP contribution in [0.5, 0.6) is 0 Å². The number of urea groups is 1. The molecule has 0 spiro atoms. The van der Waals surface area contributed by atoms with Gasteiger partial charge in [0, 0.05) is 40.2 Å². The molecule has 0 bridgehead atoms. The molecule has 2 atom stereocenters. The van der Waals surface area contributed by atoms with Gasteiger partial charge in [0.2, 0.25) is 11.8 Å². The lowest BCUT2D eigenvalue weighted by atomic mass is 9.96. The molecule has 3 rings (SSSR count). The maximum atomic E-state index is 13.5. The molecular weight excluding hydrogens is 512 g/mol. The second-order valence-corrected chi connectivity index (χ2v) is 11.4. The summed E-state index contributed by atoms with van der Waals surface area (Å²) >= 11 is 0. The lowest BCUT2D eigenvalue weighted by Crippen LogP contribution is -2.63. The molecule has 1 heterocycles. The number of nitrogens with one attached hydrogen (secondary N) is 1. The van der Waals surface area contributed by atoms with Gasteiger partial charge in [-0.3, -0.25) is 9.59 Å². The van der Waals surface area contributed by atoms with Gasteiger partial charge >= 0.3 is 6.03 Å². The molecule has 41 heavy (non-hydrogen) atoms. The van der Waals surface area contributed by atoms with Crippen molar-refractivity contribution >= 4 is 17.8 Å². The van der Waals surface area contributed by atoms with Gasteiger partial charge in [0.05, 0.1) is 0 Å². The first-order valence-corrected chi connectivity index (χ1v) is 15.5. The Morgan fingerprint density at radius 1 is 0.854 bits per heavy atom. The van der Waals surface area contributed by atoms with Crippen LogP contribution in [0, 0.1) is 0 Å². The summed E-state index contributed by atoms with van der Waals surface area (Å²) in [6.07, 6.45) is 9.42. The van der Waals surface area contributed by atoms with Crippen LogP contribution in [0.1, 0.15) is 83.3 Å². The van der Waals surface area contributed by atoms with Crippen molar-refractivity contribution in [3.8, 4) is 11.1 Å². The summed E-state index contributed by atoms with van der Waals surface area (Å²) in [6.45, 7) is 8.11. The first-order valence-electron chi connectivity index (χ1n) is 15.5. The fraction of sp³-hybridized carbons (Fsp3) is 0.559. The van der Waals surface area contributed by atoms with E-state index in [4.69, 9.17) is 0 Å². The fourth-order valence-corrected chi connectivity index (χ4v) is 5.61. The summed E-state index contributed by atoms with van der Waals surface area (Å²) in [5.74, 6) is 0.0624. The number of likely N-dealkylation sites (N-methyl/N-ethyl adjacent to an activating group) is 1. The Labute approximate surface area is 247 Å². The first kappa shape index (κ1) is 32.2. The Morgan fingerprint density at radius 2 is 1.54 bits per heavy atom. The number of piperazine rings is 1. The summed E-state index contributed by atoms with van der Waals surface area (Å²) in [5, 5.41) is 2.75. The van der Waals surface area contributed by atoms with Gasteiger partial charge in [-0.2, -0.15) is 0 Å². The molecule has 1 saturated heterocycles. The van der Waals surface area contributed by atoms with Crippen molar-refractivity contribution in [3.63, 3.8) is 0 Å². The molecule has 1 fully saturated rings. The van der Waals surface area contributed by atoms with Gasteiger partial charge < -0.3 is 20.0 Å². The number of hydrogen-bond acceptors (Lipinski definition) is 3. The normalized spacial score (nSPS) is 17.2. The molecule has 7 heteroatoms. The number of nitrogens with zero attached hydrogens (tertiary/aromatic N) is 3. The molecule has 1 aliphatic rings. The topological polar surface area (TPSA) is 73.0 Å². The first-order chi connectivity index (χ1) is 19.8. The third-order valence-corrected chi connectivity index (χ3v) is 8.26. The second kappa shape index (κ2) is 16.2. The van der Waals surface area contributed by atoms with Crippen LogP contribution in [0.4, 0.5) is 4.79 Å². The minimum absolute atomic E-state index is 0.0127. The van der Waals surface area contributed by atoms with Crippen molar-refractivity contribution in [2.45, 2.75) is 97.2 Å². The highest BCUT2D eigenvalue weighted by Crippen LogP contribution is 2.25.